The van der Waals surface area contributed by atoms with Crippen molar-refractivity contribution in [2.75, 3.05) is 13.7 Å². The molecule has 0 bridgehead atoms. The third-order valence-electron chi connectivity index (χ3n) is 4.28. The number of aromatic nitrogens is 1. The number of methoxy groups -OCH3 is 1. The van der Waals surface area contributed by atoms with Crippen LogP contribution in [0.2, 0.25) is 0 Å². The normalized spacial score (nSPS) is 13.0. The van der Waals surface area contributed by atoms with Crippen LogP contribution in [0.15, 0.2) is 48.7 Å². The topological polar surface area (TPSA) is 95.3 Å². The molecule has 132 valence electrons. The van der Waals surface area contributed by atoms with Gasteiger partial charge in [-0.15, -0.1) is 0 Å². The van der Waals surface area contributed by atoms with Gasteiger partial charge in [-0.3, -0.25) is 0 Å². The standard InChI is InChI=1S/C20H18N2O4/c1-3-26-19(23)20(24,14-9-7-13(11-21)8-10-14)15-12-22-16-5-4-6-17(25-2)18(15)16/h4-10,12,22,24H,3H2,1-2H3. The Balaban J connectivity index is 2.28. The van der Waals surface area contributed by atoms with Gasteiger partial charge in [0, 0.05) is 22.7 Å². The first-order valence-electron chi connectivity index (χ1n) is 8.11. The largest absolute Gasteiger partial charge is 0.496 e. The monoisotopic (exact) mass is 350 g/mol. The van der Waals surface area contributed by atoms with Crippen molar-refractivity contribution in [3.8, 4) is 11.8 Å². The molecule has 0 fully saturated rings. The van der Waals surface area contributed by atoms with Crippen molar-refractivity contribution in [3.05, 3.63) is 65.4 Å². The van der Waals surface area contributed by atoms with Gasteiger partial charge in [0.05, 0.1) is 25.3 Å². The maximum Gasteiger partial charge on any atom is 0.347 e. The van der Waals surface area contributed by atoms with E-state index in [4.69, 9.17) is 14.7 Å². The lowest BCUT2D eigenvalue weighted by atomic mass is 9.85. The first kappa shape index (κ1) is 17.5. The van der Waals surface area contributed by atoms with E-state index in [1.54, 1.807) is 43.5 Å². The predicted octanol–water partition coefficient (Wildman–Crippen LogP) is 2.85. The van der Waals surface area contributed by atoms with Crippen LogP contribution in [0, 0.1) is 11.3 Å². The number of fused-ring (bicyclic) bond motifs is 1. The highest BCUT2D eigenvalue weighted by Gasteiger charge is 2.44. The van der Waals surface area contributed by atoms with E-state index in [0.29, 0.717) is 27.8 Å². The number of hydrogen-bond acceptors (Lipinski definition) is 5. The van der Waals surface area contributed by atoms with Gasteiger partial charge >= 0.3 is 5.97 Å². The van der Waals surface area contributed by atoms with Gasteiger partial charge in [0.15, 0.2) is 0 Å². The van der Waals surface area contributed by atoms with E-state index in [-0.39, 0.29) is 6.61 Å². The smallest absolute Gasteiger partial charge is 0.347 e. The fourth-order valence-electron chi connectivity index (χ4n) is 3.01. The van der Waals surface area contributed by atoms with Gasteiger partial charge in [-0.05, 0) is 36.8 Å². The molecule has 1 unspecified atom stereocenters. The number of aromatic amines is 1. The number of carbonyl (C=O) groups is 1. The number of nitrogens with one attached hydrogen (secondary N) is 1. The number of rotatable bonds is 5. The number of nitrogens with zero attached hydrogens (tertiary/aromatic N) is 1. The predicted molar refractivity (Wildman–Crippen MR) is 95.6 cm³/mol. The molecule has 0 aliphatic heterocycles. The minimum atomic E-state index is -2.04. The van der Waals surface area contributed by atoms with E-state index < -0.39 is 11.6 Å². The molecule has 6 nitrogen and oxygen atoms in total. The second-order valence-corrected chi connectivity index (χ2v) is 5.71. The maximum atomic E-state index is 12.8. The molecule has 0 aliphatic rings. The Labute approximate surface area is 150 Å². The summed E-state index contributed by atoms with van der Waals surface area (Å²) in [6.45, 7) is 1.80. The fourth-order valence-corrected chi connectivity index (χ4v) is 3.01. The molecule has 3 aromatic rings. The zero-order valence-electron chi connectivity index (χ0n) is 14.4. The summed E-state index contributed by atoms with van der Waals surface area (Å²) in [5, 5.41) is 21.1. The highest BCUT2D eigenvalue weighted by Crippen LogP contribution is 2.39. The highest BCUT2D eigenvalue weighted by molar-refractivity contribution is 5.97. The number of aliphatic hydroxyl groups is 1. The maximum absolute atomic E-state index is 12.8. The number of H-pyrrole nitrogens is 1. The second kappa shape index (κ2) is 6.90. The summed E-state index contributed by atoms with van der Waals surface area (Å²) >= 11 is 0. The van der Waals surface area contributed by atoms with Crippen molar-refractivity contribution < 1.29 is 19.4 Å². The lowest BCUT2D eigenvalue weighted by Gasteiger charge is -2.26. The molecule has 0 amide bonds. The number of hydrogen-bond donors (Lipinski definition) is 2. The number of carbonyl (C=O) groups excluding carboxylic acids is 1. The molecule has 0 spiro atoms. The molecule has 2 aromatic carbocycles. The van der Waals surface area contributed by atoms with Crippen LogP contribution in [0.25, 0.3) is 10.9 Å². The fraction of sp³-hybridized carbons (Fsp3) is 0.200. The van der Waals surface area contributed by atoms with Crippen molar-refractivity contribution in [1.29, 1.82) is 5.26 Å². The number of benzene rings is 2. The van der Waals surface area contributed by atoms with Crippen LogP contribution >= 0.6 is 0 Å². The minimum Gasteiger partial charge on any atom is -0.496 e. The molecule has 6 heteroatoms. The van der Waals surface area contributed by atoms with Crippen molar-refractivity contribution >= 4 is 16.9 Å². The Hall–Kier alpha value is -3.30. The van der Waals surface area contributed by atoms with Crippen LogP contribution < -0.4 is 4.74 Å². The van der Waals surface area contributed by atoms with Gasteiger partial charge in [0.2, 0.25) is 5.60 Å². The van der Waals surface area contributed by atoms with Gasteiger partial charge in [-0.1, -0.05) is 18.2 Å². The molecular weight excluding hydrogens is 332 g/mol. The first-order chi connectivity index (χ1) is 12.6. The van der Waals surface area contributed by atoms with Crippen LogP contribution in [0.1, 0.15) is 23.6 Å². The third-order valence-corrected chi connectivity index (χ3v) is 4.28. The van der Waals surface area contributed by atoms with Gasteiger partial charge < -0.3 is 19.6 Å². The molecule has 1 aromatic heterocycles. The van der Waals surface area contributed by atoms with Crippen LogP contribution in [-0.2, 0) is 15.1 Å². The molecule has 0 radical (unpaired) electrons. The number of ether oxygens (including phenoxy) is 2. The zero-order chi connectivity index (χ0) is 18.7. The summed E-state index contributed by atoms with van der Waals surface area (Å²) in [6, 6.07) is 13.6. The van der Waals surface area contributed by atoms with E-state index in [1.165, 1.54) is 7.11 Å². The average Bonchev–Trinajstić information content (AvgIpc) is 3.12. The first-order valence-corrected chi connectivity index (χ1v) is 8.11. The van der Waals surface area contributed by atoms with Crippen molar-refractivity contribution in [2.24, 2.45) is 0 Å². The van der Waals surface area contributed by atoms with E-state index >= 15 is 0 Å². The van der Waals surface area contributed by atoms with Gasteiger partial charge in [0.1, 0.15) is 5.75 Å². The minimum absolute atomic E-state index is 0.122. The Kier molecular flexibility index (Phi) is 4.65. The van der Waals surface area contributed by atoms with Gasteiger partial charge in [-0.2, -0.15) is 5.26 Å². The molecule has 3 rings (SSSR count). The van der Waals surface area contributed by atoms with E-state index in [2.05, 4.69) is 4.98 Å². The second-order valence-electron chi connectivity index (χ2n) is 5.71. The molecule has 2 N–H and O–H groups in total. The third kappa shape index (κ3) is 2.68. The quantitative estimate of drug-likeness (QED) is 0.690. The molecule has 26 heavy (non-hydrogen) atoms. The summed E-state index contributed by atoms with van der Waals surface area (Å²) in [5.74, 6) is -0.272. The lowest BCUT2D eigenvalue weighted by Crippen LogP contribution is -2.38. The SMILES string of the molecule is CCOC(=O)C(O)(c1ccc(C#N)cc1)c1c[nH]c2cccc(OC)c12. The van der Waals surface area contributed by atoms with Crippen molar-refractivity contribution in [1.82, 2.24) is 4.98 Å². The summed E-state index contributed by atoms with van der Waals surface area (Å²) in [5.41, 5.74) is -0.265. The number of nitriles is 1. The summed E-state index contributed by atoms with van der Waals surface area (Å²) in [7, 11) is 1.52. The Morgan fingerprint density at radius 2 is 2.00 bits per heavy atom. The van der Waals surface area contributed by atoms with E-state index in [1.807, 2.05) is 18.2 Å². The van der Waals surface area contributed by atoms with Crippen LogP contribution in [0.4, 0.5) is 0 Å². The van der Waals surface area contributed by atoms with Crippen molar-refractivity contribution in [3.63, 3.8) is 0 Å². The number of esters is 1. The molecular formula is C20H18N2O4. The van der Waals surface area contributed by atoms with Gasteiger partial charge in [-0.25, -0.2) is 4.79 Å². The van der Waals surface area contributed by atoms with Crippen LogP contribution in [0.5, 0.6) is 5.75 Å². The Bertz CT molecular complexity index is 985. The summed E-state index contributed by atoms with van der Waals surface area (Å²) < 4.78 is 10.6. The summed E-state index contributed by atoms with van der Waals surface area (Å²) in [6.07, 6.45) is 1.57. The van der Waals surface area contributed by atoms with Crippen molar-refractivity contribution in [2.45, 2.75) is 12.5 Å². The van der Waals surface area contributed by atoms with Crippen LogP contribution in [-0.4, -0.2) is 29.8 Å². The van der Waals surface area contributed by atoms with E-state index in [9.17, 15) is 9.90 Å². The molecule has 0 aliphatic carbocycles. The highest BCUT2D eigenvalue weighted by atomic mass is 16.5. The molecule has 0 saturated heterocycles. The van der Waals surface area contributed by atoms with Crippen LogP contribution in [0.3, 0.4) is 0 Å². The molecule has 1 heterocycles. The average molecular weight is 350 g/mol. The van der Waals surface area contributed by atoms with E-state index in [0.717, 1.165) is 5.52 Å². The Morgan fingerprint density at radius 3 is 2.62 bits per heavy atom. The Morgan fingerprint density at radius 1 is 1.27 bits per heavy atom. The molecule has 1 atom stereocenters. The zero-order valence-corrected chi connectivity index (χ0v) is 14.4. The molecule has 0 saturated carbocycles. The lowest BCUT2D eigenvalue weighted by molar-refractivity contribution is -0.161. The van der Waals surface area contributed by atoms with Gasteiger partial charge in [0.25, 0.3) is 0 Å². The summed E-state index contributed by atoms with van der Waals surface area (Å²) in [4.78, 5) is 15.8.